The molecule has 1 heterocycles. The second kappa shape index (κ2) is 9.05. The molecule has 2 aromatic carbocycles. The second-order valence-electron chi connectivity index (χ2n) is 7.23. The van der Waals surface area contributed by atoms with Crippen LogP contribution >= 0.6 is 11.3 Å². The summed E-state index contributed by atoms with van der Waals surface area (Å²) in [6.07, 6.45) is 6.28. The maximum Gasteiger partial charge on any atom is 0.244 e. The Hall–Kier alpha value is -3.25. The molecular formula is C24H23N3O2S. The van der Waals surface area contributed by atoms with E-state index >= 15 is 0 Å². The van der Waals surface area contributed by atoms with E-state index in [1.54, 1.807) is 11.0 Å². The molecule has 2 amide bonds. The van der Waals surface area contributed by atoms with E-state index in [1.807, 2.05) is 47.8 Å². The van der Waals surface area contributed by atoms with Gasteiger partial charge in [0, 0.05) is 18.4 Å². The van der Waals surface area contributed by atoms with Crippen LogP contribution in [0.2, 0.25) is 0 Å². The summed E-state index contributed by atoms with van der Waals surface area (Å²) >= 11 is 1.37. The number of fused-ring (bicyclic) bond motifs is 1. The number of rotatable bonds is 5. The quantitative estimate of drug-likeness (QED) is 0.592. The van der Waals surface area contributed by atoms with Crippen molar-refractivity contribution in [3.63, 3.8) is 0 Å². The van der Waals surface area contributed by atoms with E-state index in [1.165, 1.54) is 35.5 Å². The van der Waals surface area contributed by atoms with Gasteiger partial charge in [0.1, 0.15) is 0 Å². The van der Waals surface area contributed by atoms with Gasteiger partial charge in [-0.05, 0) is 48.6 Å². The number of amides is 2. The first-order valence-electron chi connectivity index (χ1n) is 9.99. The molecule has 30 heavy (non-hydrogen) atoms. The maximum absolute atomic E-state index is 12.5. The topological polar surface area (TPSA) is 62.3 Å². The second-order valence-corrected chi connectivity index (χ2v) is 8.07. The lowest BCUT2D eigenvalue weighted by Crippen LogP contribution is -2.29. The lowest BCUT2D eigenvalue weighted by Gasteiger charge is -2.25. The van der Waals surface area contributed by atoms with Gasteiger partial charge in [0.2, 0.25) is 11.8 Å². The summed E-state index contributed by atoms with van der Waals surface area (Å²) in [6.45, 7) is 1.51. The van der Waals surface area contributed by atoms with Gasteiger partial charge in [-0.15, -0.1) is 11.3 Å². The molecular weight excluding hydrogens is 394 g/mol. The van der Waals surface area contributed by atoms with E-state index < -0.39 is 0 Å². The van der Waals surface area contributed by atoms with Crippen LogP contribution in [-0.4, -0.2) is 16.8 Å². The van der Waals surface area contributed by atoms with Crippen LogP contribution < -0.4 is 10.2 Å². The van der Waals surface area contributed by atoms with Gasteiger partial charge in [0.25, 0.3) is 0 Å². The lowest BCUT2D eigenvalue weighted by molar-refractivity contribution is -0.117. The molecule has 0 saturated heterocycles. The summed E-state index contributed by atoms with van der Waals surface area (Å²) in [5, 5.41) is 5.52. The summed E-state index contributed by atoms with van der Waals surface area (Å²) in [6, 6.07) is 17.7. The minimum Gasteiger partial charge on any atom is -0.346 e. The molecule has 1 unspecified atom stereocenters. The number of hydrogen-bond acceptors (Lipinski definition) is 4. The zero-order chi connectivity index (χ0) is 20.9. The van der Waals surface area contributed by atoms with Crippen LogP contribution in [0, 0.1) is 0 Å². The average Bonchev–Trinajstić information content (AvgIpc) is 3.21. The fraction of sp³-hybridized carbons (Fsp3) is 0.208. The Morgan fingerprint density at radius 3 is 2.70 bits per heavy atom. The number of aromatic nitrogens is 1. The van der Waals surface area contributed by atoms with Gasteiger partial charge >= 0.3 is 0 Å². The first kappa shape index (κ1) is 20.0. The molecule has 1 aliphatic rings. The number of aryl methyl sites for hydroxylation is 1. The molecule has 0 spiro atoms. The molecule has 1 aromatic heterocycles. The van der Waals surface area contributed by atoms with Crippen molar-refractivity contribution in [1.82, 2.24) is 10.3 Å². The van der Waals surface area contributed by atoms with E-state index in [0.717, 1.165) is 24.9 Å². The highest BCUT2D eigenvalue weighted by atomic mass is 32.1. The van der Waals surface area contributed by atoms with E-state index in [9.17, 15) is 9.59 Å². The monoisotopic (exact) mass is 417 g/mol. The molecule has 6 heteroatoms. The largest absolute Gasteiger partial charge is 0.346 e. The molecule has 1 atom stereocenters. The Kier molecular flexibility index (Phi) is 6.05. The number of carbonyl (C=O) groups is 2. The van der Waals surface area contributed by atoms with E-state index in [-0.39, 0.29) is 17.9 Å². The van der Waals surface area contributed by atoms with Crippen LogP contribution in [0.3, 0.4) is 0 Å². The predicted molar refractivity (Wildman–Crippen MR) is 121 cm³/mol. The zero-order valence-electron chi connectivity index (χ0n) is 16.7. The first-order chi connectivity index (χ1) is 14.6. The van der Waals surface area contributed by atoms with Gasteiger partial charge < -0.3 is 5.32 Å². The van der Waals surface area contributed by atoms with Gasteiger partial charge in [0.15, 0.2) is 5.13 Å². The van der Waals surface area contributed by atoms with Crippen LogP contribution in [-0.2, 0) is 16.0 Å². The summed E-state index contributed by atoms with van der Waals surface area (Å²) in [5.74, 6) is -0.252. The van der Waals surface area contributed by atoms with Crippen LogP contribution in [0.1, 0.15) is 42.6 Å². The fourth-order valence-corrected chi connectivity index (χ4v) is 4.60. The van der Waals surface area contributed by atoms with Crippen LogP contribution in [0.15, 0.2) is 66.1 Å². The predicted octanol–water partition coefficient (Wildman–Crippen LogP) is 5.03. The number of hydrogen-bond donors (Lipinski definition) is 1. The minimum atomic E-state index is -0.141. The number of nitrogens with one attached hydrogen (secondary N) is 1. The molecule has 152 valence electrons. The Labute approximate surface area is 180 Å². The standard InChI is InChI=1S/C24H23N3O2S/c1-17(28)27(20-10-3-2-4-11-20)24-25-19(16-30-24)14-15-23(29)26-22-13-7-9-18-8-5-6-12-21(18)22/h2-6,8,10-12,14-16,22H,7,9,13H2,1H3,(H,26,29)/b15-14+. The molecule has 0 radical (unpaired) electrons. The van der Waals surface area contributed by atoms with Crippen LogP contribution in [0.5, 0.6) is 0 Å². The summed E-state index contributed by atoms with van der Waals surface area (Å²) in [4.78, 5) is 30.7. The van der Waals surface area contributed by atoms with Crippen molar-refractivity contribution in [3.8, 4) is 0 Å². The smallest absolute Gasteiger partial charge is 0.244 e. The Morgan fingerprint density at radius 1 is 1.13 bits per heavy atom. The summed E-state index contributed by atoms with van der Waals surface area (Å²) < 4.78 is 0. The van der Waals surface area contributed by atoms with Gasteiger partial charge in [-0.2, -0.15) is 0 Å². The van der Waals surface area contributed by atoms with Gasteiger partial charge in [-0.1, -0.05) is 42.5 Å². The highest BCUT2D eigenvalue weighted by molar-refractivity contribution is 7.14. The summed E-state index contributed by atoms with van der Waals surface area (Å²) in [5.41, 5.74) is 3.94. The molecule has 4 rings (SSSR count). The molecule has 1 aliphatic carbocycles. The van der Waals surface area contributed by atoms with Crippen molar-refractivity contribution >= 4 is 40.0 Å². The van der Waals surface area contributed by atoms with E-state index in [4.69, 9.17) is 0 Å². The Morgan fingerprint density at radius 2 is 1.90 bits per heavy atom. The zero-order valence-corrected chi connectivity index (χ0v) is 17.6. The SMILES string of the molecule is CC(=O)N(c1ccccc1)c1nc(/C=C/C(=O)NC2CCCc3ccccc32)cs1. The highest BCUT2D eigenvalue weighted by Gasteiger charge is 2.21. The molecule has 0 fully saturated rings. The minimum absolute atomic E-state index is 0.0457. The van der Waals surface area contributed by atoms with Crippen molar-refractivity contribution in [2.75, 3.05) is 4.90 Å². The molecule has 3 aromatic rings. The van der Waals surface area contributed by atoms with E-state index in [2.05, 4.69) is 22.4 Å². The van der Waals surface area contributed by atoms with Gasteiger partial charge in [0.05, 0.1) is 17.4 Å². The number of nitrogens with zero attached hydrogens (tertiary/aromatic N) is 2. The first-order valence-corrected chi connectivity index (χ1v) is 10.9. The van der Waals surface area contributed by atoms with Crippen molar-refractivity contribution in [3.05, 3.63) is 82.9 Å². The maximum atomic E-state index is 12.5. The van der Waals surface area contributed by atoms with Gasteiger partial charge in [-0.25, -0.2) is 4.98 Å². The number of benzene rings is 2. The normalized spacial score (nSPS) is 15.6. The fourth-order valence-electron chi connectivity index (χ4n) is 3.74. The highest BCUT2D eigenvalue weighted by Crippen LogP contribution is 2.30. The third-order valence-corrected chi connectivity index (χ3v) is 5.97. The summed E-state index contributed by atoms with van der Waals surface area (Å²) in [7, 11) is 0. The van der Waals surface area contributed by atoms with Crippen molar-refractivity contribution < 1.29 is 9.59 Å². The van der Waals surface area contributed by atoms with Crippen LogP contribution in [0.4, 0.5) is 10.8 Å². The number of para-hydroxylation sites is 1. The van der Waals surface area contributed by atoms with Crippen LogP contribution in [0.25, 0.3) is 6.08 Å². The van der Waals surface area contributed by atoms with Crippen molar-refractivity contribution in [2.24, 2.45) is 0 Å². The van der Waals surface area contributed by atoms with Crippen molar-refractivity contribution in [1.29, 1.82) is 0 Å². The molecule has 0 aliphatic heterocycles. The van der Waals surface area contributed by atoms with Crippen molar-refractivity contribution in [2.45, 2.75) is 32.2 Å². The number of thiazole rings is 1. The molecule has 0 saturated carbocycles. The average molecular weight is 418 g/mol. The number of anilines is 2. The lowest BCUT2D eigenvalue weighted by atomic mass is 9.88. The van der Waals surface area contributed by atoms with Gasteiger partial charge in [-0.3, -0.25) is 14.5 Å². The number of carbonyl (C=O) groups excluding carboxylic acids is 2. The Balaban J connectivity index is 1.45. The molecule has 0 bridgehead atoms. The Bertz CT molecular complexity index is 1070. The van der Waals surface area contributed by atoms with E-state index in [0.29, 0.717) is 10.8 Å². The molecule has 1 N–H and O–H groups in total. The molecule has 5 nitrogen and oxygen atoms in total. The third kappa shape index (κ3) is 4.49. The third-order valence-electron chi connectivity index (χ3n) is 5.12.